The van der Waals surface area contributed by atoms with E-state index in [4.69, 9.17) is 4.74 Å². The number of hydrogen-bond acceptors (Lipinski definition) is 4. The van der Waals surface area contributed by atoms with Gasteiger partial charge in [0.1, 0.15) is 5.69 Å². The van der Waals surface area contributed by atoms with E-state index in [1.165, 1.54) is 6.20 Å². The van der Waals surface area contributed by atoms with Crippen LogP contribution in [0.3, 0.4) is 0 Å². The van der Waals surface area contributed by atoms with Crippen LogP contribution in [-0.4, -0.2) is 21.5 Å². The first-order chi connectivity index (χ1) is 7.06. The van der Waals surface area contributed by atoms with Crippen molar-refractivity contribution in [3.05, 3.63) is 29.1 Å². The van der Waals surface area contributed by atoms with E-state index in [0.717, 1.165) is 5.56 Å². The molecular weight excluding hydrogens is 330 g/mol. The molecule has 0 atom stereocenters. The molecule has 15 heavy (non-hydrogen) atoms. The van der Waals surface area contributed by atoms with Crippen molar-refractivity contribution in [2.24, 2.45) is 0 Å². The van der Waals surface area contributed by atoms with Gasteiger partial charge >= 0.3 is 0 Å². The molecule has 0 saturated carbocycles. The Bertz CT molecular complexity index is 406. The number of carbonyl (C=O) groups is 2. The monoisotopic (exact) mass is 335 g/mol. The van der Waals surface area contributed by atoms with E-state index in [9.17, 15) is 9.59 Å². The zero-order chi connectivity index (χ0) is 11.4. The van der Waals surface area contributed by atoms with Crippen LogP contribution in [0.2, 0.25) is 0 Å². The summed E-state index contributed by atoms with van der Waals surface area (Å²) >= 11 is 5.55. The molecule has 0 unspecified atom stereocenters. The molecule has 0 N–H and O–H groups in total. The standard InChI is InChI=1S/C9H7Br2NO3/c1-15-4-5-2-6(8(10)13)7(9(11)14)12-3-5/h2-3H,4H2,1H3. The first kappa shape index (κ1) is 12.5. The minimum absolute atomic E-state index is 0.0942. The van der Waals surface area contributed by atoms with E-state index in [-0.39, 0.29) is 15.9 Å². The minimum Gasteiger partial charge on any atom is -0.380 e. The van der Waals surface area contributed by atoms with E-state index >= 15 is 0 Å². The molecule has 0 radical (unpaired) electrons. The summed E-state index contributed by atoms with van der Waals surface area (Å²) in [6.07, 6.45) is 1.50. The predicted octanol–water partition coefficient (Wildman–Crippen LogP) is 2.30. The van der Waals surface area contributed by atoms with Gasteiger partial charge in [-0.3, -0.25) is 14.6 Å². The lowest BCUT2D eigenvalue weighted by Crippen LogP contribution is -2.05. The number of hydrogen-bond donors (Lipinski definition) is 0. The second-order valence-electron chi connectivity index (χ2n) is 2.72. The summed E-state index contributed by atoms with van der Waals surface area (Å²) < 4.78 is 4.10. The molecule has 0 aliphatic carbocycles. The maximum absolute atomic E-state index is 11.2. The van der Waals surface area contributed by atoms with E-state index < -0.39 is 4.69 Å². The first-order valence-electron chi connectivity index (χ1n) is 3.93. The van der Waals surface area contributed by atoms with Gasteiger partial charge in [0.2, 0.25) is 9.39 Å². The van der Waals surface area contributed by atoms with E-state index in [2.05, 4.69) is 36.8 Å². The lowest BCUT2D eigenvalue weighted by Gasteiger charge is -2.04. The molecule has 1 aromatic heterocycles. The van der Waals surface area contributed by atoms with Crippen molar-refractivity contribution in [1.29, 1.82) is 0 Å². The van der Waals surface area contributed by atoms with E-state index in [1.54, 1.807) is 13.2 Å². The fourth-order valence-electron chi connectivity index (χ4n) is 1.06. The summed E-state index contributed by atoms with van der Waals surface area (Å²) in [4.78, 5) is 26.2. The largest absolute Gasteiger partial charge is 0.380 e. The number of carbonyl (C=O) groups excluding carboxylic acids is 2. The van der Waals surface area contributed by atoms with Gasteiger partial charge in [0, 0.05) is 13.3 Å². The molecule has 0 bridgehead atoms. The molecule has 0 amide bonds. The van der Waals surface area contributed by atoms with Crippen LogP contribution in [0.1, 0.15) is 26.4 Å². The summed E-state index contributed by atoms with van der Waals surface area (Å²) in [5.41, 5.74) is 1.06. The molecule has 6 heteroatoms. The Balaban J connectivity index is 3.21. The van der Waals surface area contributed by atoms with Gasteiger partial charge in [-0.25, -0.2) is 0 Å². The molecule has 1 heterocycles. The van der Waals surface area contributed by atoms with Crippen molar-refractivity contribution < 1.29 is 14.3 Å². The van der Waals surface area contributed by atoms with Crippen LogP contribution < -0.4 is 0 Å². The minimum atomic E-state index is -0.422. The van der Waals surface area contributed by atoms with Crippen molar-refractivity contribution in [3.8, 4) is 0 Å². The zero-order valence-corrected chi connectivity index (χ0v) is 11.0. The summed E-state index contributed by atoms with van der Waals surface area (Å²) in [6, 6.07) is 1.57. The van der Waals surface area contributed by atoms with Crippen LogP contribution in [-0.2, 0) is 11.3 Å². The third kappa shape index (κ3) is 3.19. The molecule has 0 aliphatic heterocycles. The van der Waals surface area contributed by atoms with E-state index in [0.29, 0.717) is 6.61 Å². The topological polar surface area (TPSA) is 56.3 Å². The molecule has 1 aromatic rings. The molecule has 4 nitrogen and oxygen atoms in total. The number of ether oxygens (including phenoxy) is 1. The van der Waals surface area contributed by atoms with Crippen LogP contribution in [0.25, 0.3) is 0 Å². The smallest absolute Gasteiger partial charge is 0.247 e. The quantitative estimate of drug-likeness (QED) is 0.792. The number of halogens is 2. The highest BCUT2D eigenvalue weighted by atomic mass is 79.9. The second kappa shape index (κ2) is 5.48. The van der Waals surface area contributed by atoms with Crippen molar-refractivity contribution in [3.63, 3.8) is 0 Å². The van der Waals surface area contributed by atoms with Gasteiger partial charge < -0.3 is 4.74 Å². The lowest BCUT2D eigenvalue weighted by molar-refractivity contribution is 0.106. The van der Waals surface area contributed by atoms with Crippen molar-refractivity contribution >= 4 is 41.2 Å². The van der Waals surface area contributed by atoms with Crippen molar-refractivity contribution in [2.75, 3.05) is 7.11 Å². The number of nitrogens with zero attached hydrogens (tertiary/aromatic N) is 1. The third-order valence-corrected chi connectivity index (χ3v) is 2.46. The zero-order valence-electron chi connectivity index (χ0n) is 7.79. The van der Waals surface area contributed by atoms with Gasteiger partial charge in [0.05, 0.1) is 12.2 Å². The maximum atomic E-state index is 11.2. The molecule has 1 rings (SSSR count). The van der Waals surface area contributed by atoms with Gasteiger partial charge in [-0.05, 0) is 43.5 Å². The van der Waals surface area contributed by atoms with Crippen LogP contribution in [0.4, 0.5) is 0 Å². The number of methoxy groups -OCH3 is 1. The summed E-state index contributed by atoms with van der Waals surface area (Å²) in [7, 11) is 1.54. The third-order valence-electron chi connectivity index (χ3n) is 1.65. The molecule has 80 valence electrons. The fraction of sp³-hybridized carbons (Fsp3) is 0.222. The second-order valence-corrected chi connectivity index (χ2v) is 4.16. The Hall–Kier alpha value is -0.590. The molecule has 0 aromatic carbocycles. The molecular formula is C9H7Br2NO3. The molecule has 0 saturated heterocycles. The van der Waals surface area contributed by atoms with Crippen LogP contribution in [0.5, 0.6) is 0 Å². The highest BCUT2D eigenvalue weighted by Gasteiger charge is 2.15. The van der Waals surface area contributed by atoms with Crippen LogP contribution >= 0.6 is 31.9 Å². The summed E-state index contributed by atoms with van der Waals surface area (Å²) in [5.74, 6) is 0. The normalized spacial score (nSPS) is 10.1. The number of aromatic nitrogens is 1. The van der Waals surface area contributed by atoms with Gasteiger partial charge in [-0.1, -0.05) is 0 Å². The average molecular weight is 337 g/mol. The predicted molar refractivity (Wildman–Crippen MR) is 61.5 cm³/mol. The Morgan fingerprint density at radius 3 is 2.53 bits per heavy atom. The Kier molecular flexibility index (Phi) is 4.56. The summed E-state index contributed by atoms with van der Waals surface area (Å²) in [5, 5.41) is 0. The van der Waals surface area contributed by atoms with Crippen LogP contribution in [0.15, 0.2) is 12.3 Å². The number of rotatable bonds is 4. The molecule has 0 fully saturated rings. The Morgan fingerprint density at radius 1 is 1.40 bits per heavy atom. The molecule has 0 aliphatic rings. The van der Waals surface area contributed by atoms with Gasteiger partial charge in [0.25, 0.3) is 0 Å². The Morgan fingerprint density at radius 2 is 2.07 bits per heavy atom. The van der Waals surface area contributed by atoms with Gasteiger partial charge in [-0.2, -0.15) is 0 Å². The lowest BCUT2D eigenvalue weighted by atomic mass is 10.1. The number of pyridine rings is 1. The highest BCUT2D eigenvalue weighted by molar-refractivity contribution is 9.18. The van der Waals surface area contributed by atoms with Gasteiger partial charge in [-0.15, -0.1) is 0 Å². The SMILES string of the molecule is COCc1cnc(C(=O)Br)c(C(=O)Br)c1. The highest BCUT2D eigenvalue weighted by Crippen LogP contribution is 2.16. The average Bonchev–Trinajstić information content (AvgIpc) is 2.17. The van der Waals surface area contributed by atoms with E-state index in [1.807, 2.05) is 0 Å². The first-order valence-corrected chi connectivity index (χ1v) is 5.52. The van der Waals surface area contributed by atoms with Crippen LogP contribution in [0, 0.1) is 0 Å². The fourth-order valence-corrected chi connectivity index (χ4v) is 1.68. The maximum Gasteiger partial charge on any atom is 0.247 e. The van der Waals surface area contributed by atoms with Crippen molar-refractivity contribution in [1.82, 2.24) is 4.98 Å². The molecule has 0 spiro atoms. The van der Waals surface area contributed by atoms with Gasteiger partial charge in [0.15, 0.2) is 0 Å². The summed E-state index contributed by atoms with van der Waals surface area (Å²) in [6.45, 7) is 0.344. The Labute approximate surface area is 103 Å². The van der Waals surface area contributed by atoms with Crippen molar-refractivity contribution in [2.45, 2.75) is 6.61 Å².